The number of nitrogens with zero attached hydrogens (tertiary/aromatic N) is 3. The van der Waals surface area contributed by atoms with Gasteiger partial charge in [0.25, 0.3) is 0 Å². The summed E-state index contributed by atoms with van der Waals surface area (Å²) in [5, 5.41) is 10.8. The van der Waals surface area contributed by atoms with E-state index in [1.807, 2.05) is 12.5 Å². The lowest BCUT2D eigenvalue weighted by Gasteiger charge is -2.11. The molecule has 2 heterocycles. The van der Waals surface area contributed by atoms with Crippen LogP contribution in [0.4, 0.5) is 0 Å². The Morgan fingerprint density at radius 1 is 1.47 bits per heavy atom. The minimum atomic E-state index is 0.810. The van der Waals surface area contributed by atoms with Gasteiger partial charge in [0.15, 0.2) is 5.96 Å². The number of hydrogen-bond donors (Lipinski definition) is 2. The van der Waals surface area contributed by atoms with E-state index in [-0.39, 0.29) is 0 Å². The molecule has 0 unspecified atom stereocenters. The van der Waals surface area contributed by atoms with Gasteiger partial charge >= 0.3 is 0 Å². The van der Waals surface area contributed by atoms with Gasteiger partial charge in [0.1, 0.15) is 0 Å². The summed E-state index contributed by atoms with van der Waals surface area (Å²) in [6, 6.07) is 2.12. The monoisotopic (exact) mass is 277 g/mol. The van der Waals surface area contributed by atoms with Crippen molar-refractivity contribution in [2.75, 3.05) is 13.6 Å². The summed E-state index contributed by atoms with van der Waals surface area (Å²) in [7, 11) is 1.79. The molecule has 0 aliphatic rings. The van der Waals surface area contributed by atoms with Crippen molar-refractivity contribution in [1.82, 2.24) is 20.2 Å². The van der Waals surface area contributed by atoms with Gasteiger partial charge in [-0.2, -0.15) is 11.3 Å². The molecular weight excluding hydrogens is 258 g/mol. The number of imidazole rings is 1. The second kappa shape index (κ2) is 7.58. The summed E-state index contributed by atoms with van der Waals surface area (Å²) < 4.78 is 2.07. The first-order valence-corrected chi connectivity index (χ1v) is 7.24. The first-order valence-electron chi connectivity index (χ1n) is 6.30. The van der Waals surface area contributed by atoms with Crippen molar-refractivity contribution >= 4 is 17.3 Å². The summed E-state index contributed by atoms with van der Waals surface area (Å²) >= 11 is 1.71. The third-order valence-electron chi connectivity index (χ3n) is 2.71. The van der Waals surface area contributed by atoms with E-state index in [0.29, 0.717) is 0 Å². The number of rotatable bonds is 6. The molecule has 19 heavy (non-hydrogen) atoms. The highest BCUT2D eigenvalue weighted by molar-refractivity contribution is 7.07. The van der Waals surface area contributed by atoms with Crippen LogP contribution in [-0.4, -0.2) is 29.1 Å². The standard InChI is InChI=1S/C13H19N5S/c1-14-13(17-9-12-3-8-19-10-12)16-4-2-6-18-7-5-15-11-18/h3,5,7-8,10-11H,2,4,6,9H2,1H3,(H2,14,16,17). The molecule has 0 bridgehead atoms. The Bertz CT molecular complexity index is 475. The molecule has 0 aromatic carbocycles. The van der Waals surface area contributed by atoms with Crippen molar-refractivity contribution in [1.29, 1.82) is 0 Å². The average molecular weight is 277 g/mol. The van der Waals surface area contributed by atoms with Crippen LogP contribution in [0.15, 0.2) is 40.5 Å². The SMILES string of the molecule is CN=C(NCCCn1ccnc1)NCc1ccsc1. The molecule has 5 nitrogen and oxygen atoms in total. The molecule has 0 spiro atoms. The second-order valence-corrected chi connectivity index (χ2v) is 4.92. The molecule has 2 N–H and O–H groups in total. The van der Waals surface area contributed by atoms with Gasteiger partial charge in [0.2, 0.25) is 0 Å². The number of aryl methyl sites for hydroxylation is 1. The summed E-state index contributed by atoms with van der Waals surface area (Å²) in [6.07, 6.45) is 6.65. The van der Waals surface area contributed by atoms with Crippen molar-refractivity contribution in [2.24, 2.45) is 4.99 Å². The molecule has 0 atom stereocenters. The largest absolute Gasteiger partial charge is 0.356 e. The Morgan fingerprint density at radius 3 is 3.11 bits per heavy atom. The summed E-state index contributed by atoms with van der Waals surface area (Å²) in [6.45, 7) is 2.67. The number of guanidine groups is 1. The molecule has 2 aromatic rings. The Kier molecular flexibility index (Phi) is 5.43. The maximum atomic E-state index is 4.20. The number of nitrogens with one attached hydrogen (secondary N) is 2. The Hall–Kier alpha value is -1.82. The molecule has 0 saturated heterocycles. The lowest BCUT2D eigenvalue weighted by Crippen LogP contribution is -2.37. The molecular formula is C13H19N5S. The van der Waals surface area contributed by atoms with Crippen LogP contribution in [0, 0.1) is 0 Å². The summed E-state index contributed by atoms with van der Waals surface area (Å²) in [5.74, 6) is 0.844. The van der Waals surface area contributed by atoms with Crippen LogP contribution >= 0.6 is 11.3 Å². The van der Waals surface area contributed by atoms with Gasteiger partial charge in [0.05, 0.1) is 6.33 Å². The zero-order valence-corrected chi connectivity index (χ0v) is 11.9. The van der Waals surface area contributed by atoms with Crippen LogP contribution in [0.25, 0.3) is 0 Å². The topological polar surface area (TPSA) is 54.2 Å². The number of aliphatic imine (C=N–C) groups is 1. The fourth-order valence-corrected chi connectivity index (χ4v) is 2.36. The Labute approximate surface area is 117 Å². The number of hydrogen-bond acceptors (Lipinski definition) is 3. The minimum Gasteiger partial charge on any atom is -0.356 e. The molecule has 0 fully saturated rings. The Balaban J connectivity index is 1.62. The van der Waals surface area contributed by atoms with Crippen LogP contribution in [0.2, 0.25) is 0 Å². The van der Waals surface area contributed by atoms with E-state index in [0.717, 1.165) is 32.0 Å². The molecule has 0 amide bonds. The summed E-state index contributed by atoms with van der Waals surface area (Å²) in [5.41, 5.74) is 1.28. The third kappa shape index (κ3) is 4.75. The van der Waals surface area contributed by atoms with Crippen LogP contribution in [0.1, 0.15) is 12.0 Å². The molecule has 102 valence electrons. The zero-order valence-electron chi connectivity index (χ0n) is 11.0. The molecule has 2 aromatic heterocycles. The van der Waals surface area contributed by atoms with Gasteiger partial charge in [-0.15, -0.1) is 0 Å². The van der Waals surface area contributed by atoms with E-state index in [1.54, 1.807) is 24.6 Å². The normalized spacial score (nSPS) is 11.5. The lowest BCUT2D eigenvalue weighted by molar-refractivity contribution is 0.624. The fraction of sp³-hybridized carbons (Fsp3) is 0.385. The highest BCUT2D eigenvalue weighted by Gasteiger charge is 1.98. The predicted molar refractivity (Wildman–Crippen MR) is 79.4 cm³/mol. The van der Waals surface area contributed by atoms with Crippen molar-refractivity contribution < 1.29 is 0 Å². The van der Waals surface area contributed by atoms with E-state index < -0.39 is 0 Å². The van der Waals surface area contributed by atoms with Crippen LogP contribution in [0.5, 0.6) is 0 Å². The average Bonchev–Trinajstić information content (AvgIpc) is 3.11. The van der Waals surface area contributed by atoms with E-state index in [9.17, 15) is 0 Å². The zero-order chi connectivity index (χ0) is 13.3. The second-order valence-electron chi connectivity index (χ2n) is 4.14. The van der Waals surface area contributed by atoms with Gasteiger partial charge in [0, 0.05) is 39.1 Å². The van der Waals surface area contributed by atoms with Crippen LogP contribution in [0.3, 0.4) is 0 Å². The fourth-order valence-electron chi connectivity index (χ4n) is 1.69. The van der Waals surface area contributed by atoms with Crippen LogP contribution in [-0.2, 0) is 13.1 Å². The van der Waals surface area contributed by atoms with Gasteiger partial charge in [-0.05, 0) is 28.8 Å². The maximum absolute atomic E-state index is 4.20. The Morgan fingerprint density at radius 2 is 2.42 bits per heavy atom. The minimum absolute atomic E-state index is 0.810. The lowest BCUT2D eigenvalue weighted by atomic mass is 10.3. The first-order chi connectivity index (χ1) is 9.38. The predicted octanol–water partition coefficient (Wildman–Crippen LogP) is 1.70. The first kappa shape index (κ1) is 13.6. The van der Waals surface area contributed by atoms with Crippen molar-refractivity contribution in [2.45, 2.75) is 19.5 Å². The molecule has 2 rings (SSSR count). The highest BCUT2D eigenvalue weighted by atomic mass is 32.1. The third-order valence-corrected chi connectivity index (χ3v) is 3.44. The maximum Gasteiger partial charge on any atom is 0.191 e. The molecule has 0 aliphatic carbocycles. The van der Waals surface area contributed by atoms with Gasteiger partial charge in [-0.3, -0.25) is 4.99 Å². The van der Waals surface area contributed by atoms with Crippen molar-refractivity contribution in [3.05, 3.63) is 41.1 Å². The summed E-state index contributed by atoms with van der Waals surface area (Å²) in [4.78, 5) is 8.22. The number of aromatic nitrogens is 2. The van der Waals surface area contributed by atoms with Gasteiger partial charge in [-0.1, -0.05) is 0 Å². The van der Waals surface area contributed by atoms with Crippen molar-refractivity contribution in [3.63, 3.8) is 0 Å². The highest BCUT2D eigenvalue weighted by Crippen LogP contribution is 2.04. The van der Waals surface area contributed by atoms with Gasteiger partial charge in [-0.25, -0.2) is 4.98 Å². The molecule has 6 heteroatoms. The molecule has 0 radical (unpaired) electrons. The van der Waals surface area contributed by atoms with E-state index in [1.165, 1.54) is 5.56 Å². The van der Waals surface area contributed by atoms with Crippen molar-refractivity contribution in [3.8, 4) is 0 Å². The van der Waals surface area contributed by atoms with Gasteiger partial charge < -0.3 is 15.2 Å². The van der Waals surface area contributed by atoms with E-state index in [4.69, 9.17) is 0 Å². The smallest absolute Gasteiger partial charge is 0.191 e. The van der Waals surface area contributed by atoms with Crippen LogP contribution < -0.4 is 10.6 Å². The van der Waals surface area contributed by atoms with E-state index in [2.05, 4.69) is 42.0 Å². The number of thiophene rings is 1. The molecule has 0 saturated carbocycles. The van der Waals surface area contributed by atoms with E-state index >= 15 is 0 Å². The quantitative estimate of drug-likeness (QED) is 0.480. The molecule has 0 aliphatic heterocycles.